The molecule has 1 aromatic carbocycles. The first-order chi connectivity index (χ1) is 11.5. The molecule has 0 bridgehead atoms. The van der Waals surface area contributed by atoms with Crippen LogP contribution in [0.4, 0.5) is 24.7 Å². The predicted octanol–water partition coefficient (Wildman–Crippen LogP) is 3.96. The van der Waals surface area contributed by atoms with E-state index in [2.05, 4.69) is 26.3 Å². The molecule has 2 aromatic rings. The lowest BCUT2D eigenvalue weighted by Gasteiger charge is -2.13. The van der Waals surface area contributed by atoms with Crippen LogP contribution < -0.4 is 10.1 Å². The molecule has 0 atom stereocenters. The summed E-state index contributed by atoms with van der Waals surface area (Å²) in [5.74, 6) is -1.32. The topological polar surface area (TPSA) is 70.8 Å². The number of alkyl halides is 2. The summed E-state index contributed by atoms with van der Waals surface area (Å²) in [5, 5.41) is 20.2. The molecule has 24 heavy (non-hydrogen) atoms. The Hall–Kier alpha value is -2.82. The molecule has 0 aliphatic rings. The second-order valence-electron chi connectivity index (χ2n) is 4.82. The third-order valence-electron chi connectivity index (χ3n) is 3.37. The van der Waals surface area contributed by atoms with Gasteiger partial charge in [0.1, 0.15) is 11.6 Å². The summed E-state index contributed by atoms with van der Waals surface area (Å²) in [5.41, 5.74) is 2.07. The van der Waals surface area contributed by atoms with Gasteiger partial charge >= 0.3 is 6.61 Å². The molecule has 0 aliphatic carbocycles. The van der Waals surface area contributed by atoms with Crippen LogP contribution in [0.25, 0.3) is 0 Å². The van der Waals surface area contributed by atoms with Crippen molar-refractivity contribution in [3.8, 4) is 11.8 Å². The van der Waals surface area contributed by atoms with E-state index >= 15 is 0 Å². The molecule has 0 spiro atoms. The Morgan fingerprint density at radius 1 is 1.25 bits per heavy atom. The number of anilines is 2. The Morgan fingerprint density at radius 3 is 2.54 bits per heavy atom. The molecule has 126 valence electrons. The van der Waals surface area contributed by atoms with Gasteiger partial charge in [-0.1, -0.05) is 13.8 Å². The largest absolute Gasteiger partial charge is 0.432 e. The first kappa shape index (κ1) is 17.5. The van der Waals surface area contributed by atoms with Gasteiger partial charge in [0.25, 0.3) is 0 Å². The summed E-state index contributed by atoms with van der Waals surface area (Å²) in [6.07, 6.45) is 1.24. The molecule has 0 unspecified atom stereocenters. The molecule has 0 aliphatic heterocycles. The minimum absolute atomic E-state index is 0.188. The van der Waals surface area contributed by atoms with E-state index in [9.17, 15) is 18.4 Å². The Bertz CT molecular complexity index is 775. The van der Waals surface area contributed by atoms with E-state index in [0.717, 1.165) is 23.4 Å². The summed E-state index contributed by atoms with van der Waals surface area (Å²) in [4.78, 5) is 0. The standard InChI is InChI=1S/C16H15F3N4O/c1-3-10-11(8-20)15(23-22-13(10)4-2)21-9-5-6-14(12(17)7-9)24-16(18)19/h5-7,16H,3-4H2,1-2H3,(H,21,23). The van der Waals surface area contributed by atoms with Crippen molar-refractivity contribution in [1.82, 2.24) is 10.2 Å². The minimum atomic E-state index is -3.11. The van der Waals surface area contributed by atoms with Crippen molar-refractivity contribution in [3.63, 3.8) is 0 Å². The van der Waals surface area contributed by atoms with Crippen LogP contribution in [0.2, 0.25) is 0 Å². The average molecular weight is 336 g/mol. The van der Waals surface area contributed by atoms with E-state index in [1.54, 1.807) is 0 Å². The quantitative estimate of drug-likeness (QED) is 0.864. The van der Waals surface area contributed by atoms with Gasteiger partial charge in [-0.05, 0) is 30.5 Å². The molecule has 1 N–H and O–H groups in total. The molecule has 2 rings (SSSR count). The summed E-state index contributed by atoms with van der Waals surface area (Å²) >= 11 is 0. The average Bonchev–Trinajstić information content (AvgIpc) is 2.56. The maximum atomic E-state index is 13.8. The number of aryl methyl sites for hydroxylation is 1. The highest BCUT2D eigenvalue weighted by Gasteiger charge is 2.16. The number of ether oxygens (including phenoxy) is 1. The Labute approximate surface area is 137 Å². The van der Waals surface area contributed by atoms with Crippen LogP contribution in [0, 0.1) is 17.1 Å². The van der Waals surface area contributed by atoms with Crippen molar-refractivity contribution in [1.29, 1.82) is 5.26 Å². The summed E-state index contributed by atoms with van der Waals surface area (Å²) < 4.78 is 42.1. The lowest BCUT2D eigenvalue weighted by molar-refractivity contribution is -0.0521. The van der Waals surface area contributed by atoms with Crippen LogP contribution in [0.15, 0.2) is 18.2 Å². The lowest BCUT2D eigenvalue weighted by atomic mass is 10.0. The van der Waals surface area contributed by atoms with E-state index < -0.39 is 18.2 Å². The van der Waals surface area contributed by atoms with Gasteiger partial charge in [0.05, 0.1) is 5.69 Å². The molecule has 0 amide bonds. The van der Waals surface area contributed by atoms with Gasteiger partial charge < -0.3 is 10.1 Å². The van der Waals surface area contributed by atoms with Crippen molar-refractivity contribution in [3.05, 3.63) is 40.8 Å². The SMILES string of the molecule is CCc1nnc(Nc2ccc(OC(F)F)c(F)c2)c(C#N)c1CC. The number of nitrogens with one attached hydrogen (secondary N) is 1. The van der Waals surface area contributed by atoms with Crippen LogP contribution in [-0.4, -0.2) is 16.8 Å². The van der Waals surface area contributed by atoms with Crippen molar-refractivity contribution in [2.24, 2.45) is 0 Å². The van der Waals surface area contributed by atoms with E-state index in [4.69, 9.17) is 0 Å². The van der Waals surface area contributed by atoms with Crippen LogP contribution in [0.1, 0.15) is 30.7 Å². The van der Waals surface area contributed by atoms with Crippen molar-refractivity contribution in [2.75, 3.05) is 5.32 Å². The smallest absolute Gasteiger partial charge is 0.387 e. The highest BCUT2D eigenvalue weighted by Crippen LogP contribution is 2.27. The number of nitrogens with zero attached hydrogens (tertiary/aromatic N) is 3. The summed E-state index contributed by atoms with van der Waals surface area (Å²) in [6, 6.07) is 5.49. The number of benzene rings is 1. The molecule has 5 nitrogen and oxygen atoms in total. The maximum Gasteiger partial charge on any atom is 0.387 e. The van der Waals surface area contributed by atoms with Crippen molar-refractivity contribution in [2.45, 2.75) is 33.3 Å². The molecular weight excluding hydrogens is 321 g/mol. The van der Waals surface area contributed by atoms with Gasteiger partial charge in [-0.25, -0.2) is 4.39 Å². The fourth-order valence-corrected chi connectivity index (χ4v) is 2.29. The van der Waals surface area contributed by atoms with E-state index in [1.807, 2.05) is 13.8 Å². The second kappa shape index (κ2) is 7.64. The van der Waals surface area contributed by atoms with Gasteiger partial charge in [0, 0.05) is 11.8 Å². The van der Waals surface area contributed by atoms with Crippen molar-refractivity contribution >= 4 is 11.5 Å². The third kappa shape index (κ3) is 3.74. The Balaban J connectivity index is 2.35. The Morgan fingerprint density at radius 2 is 2.00 bits per heavy atom. The number of hydrogen-bond acceptors (Lipinski definition) is 5. The first-order valence-corrected chi connectivity index (χ1v) is 7.30. The third-order valence-corrected chi connectivity index (χ3v) is 3.37. The maximum absolute atomic E-state index is 13.8. The van der Waals surface area contributed by atoms with Gasteiger partial charge in [0.15, 0.2) is 17.4 Å². The normalized spacial score (nSPS) is 10.5. The fourth-order valence-electron chi connectivity index (χ4n) is 2.29. The monoisotopic (exact) mass is 336 g/mol. The number of nitriles is 1. The summed E-state index contributed by atoms with van der Waals surface area (Å²) in [6.45, 7) is 0.703. The Kier molecular flexibility index (Phi) is 5.58. The highest BCUT2D eigenvalue weighted by molar-refractivity contribution is 5.65. The van der Waals surface area contributed by atoms with Gasteiger partial charge in [-0.15, -0.1) is 5.10 Å². The number of aromatic nitrogens is 2. The number of hydrogen-bond donors (Lipinski definition) is 1. The fraction of sp³-hybridized carbons (Fsp3) is 0.312. The molecule has 0 radical (unpaired) electrons. The van der Waals surface area contributed by atoms with Crippen LogP contribution >= 0.6 is 0 Å². The van der Waals surface area contributed by atoms with Gasteiger partial charge in [0.2, 0.25) is 0 Å². The molecule has 0 saturated heterocycles. The zero-order valence-electron chi connectivity index (χ0n) is 13.1. The zero-order valence-corrected chi connectivity index (χ0v) is 13.1. The van der Waals surface area contributed by atoms with Crippen LogP contribution in [0.5, 0.6) is 5.75 Å². The highest BCUT2D eigenvalue weighted by atomic mass is 19.3. The molecular formula is C16H15F3N4O. The molecule has 0 fully saturated rings. The van der Waals surface area contributed by atoms with Gasteiger partial charge in [-0.2, -0.15) is 19.1 Å². The number of rotatable bonds is 6. The first-order valence-electron chi connectivity index (χ1n) is 7.30. The van der Waals surface area contributed by atoms with Crippen molar-refractivity contribution < 1.29 is 17.9 Å². The van der Waals surface area contributed by atoms with Crippen LogP contribution in [-0.2, 0) is 12.8 Å². The number of halogens is 3. The lowest BCUT2D eigenvalue weighted by Crippen LogP contribution is -2.08. The summed E-state index contributed by atoms with van der Waals surface area (Å²) in [7, 11) is 0. The van der Waals surface area contributed by atoms with Crippen LogP contribution in [0.3, 0.4) is 0 Å². The molecule has 1 aromatic heterocycles. The molecule has 1 heterocycles. The van der Waals surface area contributed by atoms with Gasteiger partial charge in [-0.3, -0.25) is 0 Å². The van der Waals surface area contributed by atoms with E-state index in [-0.39, 0.29) is 11.5 Å². The zero-order chi connectivity index (χ0) is 17.7. The minimum Gasteiger partial charge on any atom is -0.432 e. The van der Waals surface area contributed by atoms with E-state index in [0.29, 0.717) is 18.4 Å². The van der Waals surface area contributed by atoms with E-state index in [1.165, 1.54) is 6.07 Å². The molecule has 8 heteroatoms. The predicted molar refractivity (Wildman–Crippen MR) is 81.8 cm³/mol. The molecule has 0 saturated carbocycles. The second-order valence-corrected chi connectivity index (χ2v) is 4.82.